The molecule has 0 saturated carbocycles. The van der Waals surface area contributed by atoms with Crippen molar-refractivity contribution in [3.8, 4) is 0 Å². The first kappa shape index (κ1) is 11.8. The molecule has 0 fully saturated rings. The molecular weight excluding hydrogens is 168 g/mol. The lowest BCUT2D eigenvalue weighted by Gasteiger charge is -2.22. The molecule has 1 atom stereocenters. The van der Waals surface area contributed by atoms with Crippen molar-refractivity contribution in [1.29, 1.82) is 0 Å². The van der Waals surface area contributed by atoms with Gasteiger partial charge in [0.25, 0.3) is 0 Å². The van der Waals surface area contributed by atoms with E-state index in [1.807, 2.05) is 0 Å². The zero-order valence-corrected chi connectivity index (χ0v) is 9.32. The number of hydrogen-bond donors (Lipinski definition) is 1. The molecule has 0 bridgehead atoms. The molecule has 0 aromatic rings. The van der Waals surface area contributed by atoms with Crippen molar-refractivity contribution in [2.24, 2.45) is 17.6 Å². The molecule has 72 valence electrons. The average molecular weight is 188 g/mol. The Kier molecular flexibility index (Phi) is 5.42. The van der Waals surface area contributed by atoms with Crippen LogP contribution < -0.4 is 5.73 Å². The van der Waals surface area contributed by atoms with Crippen LogP contribution in [0.25, 0.3) is 0 Å². The Morgan fingerprint density at radius 3 is 2.17 bits per heavy atom. The summed E-state index contributed by atoms with van der Waals surface area (Å²) in [5.41, 5.74) is 5.52. The molecule has 0 aliphatic carbocycles. The molecule has 1 unspecified atom stereocenters. The topological polar surface area (TPSA) is 29.3 Å². The third kappa shape index (κ3) is 5.49. The van der Waals surface area contributed by atoms with Crippen LogP contribution in [0.1, 0.15) is 20.8 Å². The van der Waals surface area contributed by atoms with Crippen molar-refractivity contribution in [3.05, 3.63) is 0 Å². The maximum absolute atomic E-state index is 5.52. The largest absolute Gasteiger partial charge is 0.393 e. The highest BCUT2D eigenvalue weighted by Crippen LogP contribution is 2.01. The van der Waals surface area contributed by atoms with Gasteiger partial charge in [-0.25, -0.2) is 0 Å². The molecular formula is C9H20N2S. The van der Waals surface area contributed by atoms with E-state index in [1.165, 1.54) is 0 Å². The fourth-order valence-electron chi connectivity index (χ4n) is 1.26. The summed E-state index contributed by atoms with van der Waals surface area (Å²) >= 11 is 4.90. The number of nitrogens with zero attached hydrogens (tertiary/aromatic N) is 1. The Hall–Kier alpha value is -0.150. The van der Waals surface area contributed by atoms with Gasteiger partial charge in [0.2, 0.25) is 0 Å². The fourth-order valence-corrected chi connectivity index (χ4v) is 1.33. The van der Waals surface area contributed by atoms with E-state index in [0.29, 0.717) is 16.8 Å². The normalized spacial score (nSPS) is 13.8. The van der Waals surface area contributed by atoms with E-state index in [1.54, 1.807) is 0 Å². The third-order valence-corrected chi connectivity index (χ3v) is 2.15. The molecule has 0 aromatic carbocycles. The number of rotatable bonds is 5. The first-order valence-electron chi connectivity index (χ1n) is 4.41. The first-order chi connectivity index (χ1) is 5.43. The lowest BCUT2D eigenvalue weighted by atomic mass is 10.1. The number of nitrogens with two attached hydrogens (primary N) is 1. The maximum atomic E-state index is 5.52. The second kappa shape index (κ2) is 5.49. The predicted octanol–water partition coefficient (Wildman–Crippen LogP) is 1.50. The highest BCUT2D eigenvalue weighted by Gasteiger charge is 2.09. The molecule has 0 amide bonds. The Labute approximate surface area is 81.1 Å². The van der Waals surface area contributed by atoms with E-state index in [0.717, 1.165) is 13.1 Å². The molecule has 0 aromatic heterocycles. The molecule has 0 radical (unpaired) electrons. The van der Waals surface area contributed by atoms with Gasteiger partial charge < -0.3 is 10.6 Å². The Bertz CT molecular complexity index is 145. The molecule has 0 spiro atoms. The monoisotopic (exact) mass is 188 g/mol. The van der Waals surface area contributed by atoms with E-state index in [2.05, 4.69) is 32.7 Å². The van der Waals surface area contributed by atoms with Crippen LogP contribution in [0.3, 0.4) is 0 Å². The second-order valence-corrected chi connectivity index (χ2v) is 4.39. The quantitative estimate of drug-likeness (QED) is 0.663. The summed E-state index contributed by atoms with van der Waals surface area (Å²) in [6, 6.07) is 0. The van der Waals surface area contributed by atoms with Gasteiger partial charge in [-0.2, -0.15) is 0 Å². The van der Waals surface area contributed by atoms with Crippen LogP contribution in [-0.4, -0.2) is 30.0 Å². The summed E-state index contributed by atoms with van der Waals surface area (Å²) in [6.07, 6.45) is 0. The van der Waals surface area contributed by atoms with Crippen LogP contribution in [0, 0.1) is 11.8 Å². The standard InChI is InChI=1S/C9H20N2S/c1-7(2)5-11(4)6-8(3)9(10)12/h7-8H,5-6H2,1-4H3,(H2,10,12). The van der Waals surface area contributed by atoms with Crippen molar-refractivity contribution in [2.45, 2.75) is 20.8 Å². The first-order valence-corrected chi connectivity index (χ1v) is 4.82. The van der Waals surface area contributed by atoms with Crippen molar-refractivity contribution in [2.75, 3.05) is 20.1 Å². The van der Waals surface area contributed by atoms with Crippen LogP contribution in [0.2, 0.25) is 0 Å². The Morgan fingerprint density at radius 2 is 1.83 bits per heavy atom. The van der Waals surface area contributed by atoms with E-state index in [9.17, 15) is 0 Å². The van der Waals surface area contributed by atoms with Crippen LogP contribution in [0.15, 0.2) is 0 Å². The molecule has 2 nitrogen and oxygen atoms in total. The zero-order chi connectivity index (χ0) is 9.72. The highest BCUT2D eigenvalue weighted by molar-refractivity contribution is 7.80. The van der Waals surface area contributed by atoms with Crippen LogP contribution in [0.5, 0.6) is 0 Å². The highest BCUT2D eigenvalue weighted by atomic mass is 32.1. The summed E-state index contributed by atoms with van der Waals surface area (Å²) < 4.78 is 0. The van der Waals surface area contributed by atoms with Gasteiger partial charge >= 0.3 is 0 Å². The van der Waals surface area contributed by atoms with Crippen molar-refractivity contribution >= 4 is 17.2 Å². The van der Waals surface area contributed by atoms with Crippen molar-refractivity contribution in [1.82, 2.24) is 4.90 Å². The zero-order valence-electron chi connectivity index (χ0n) is 8.50. The van der Waals surface area contributed by atoms with Crippen molar-refractivity contribution < 1.29 is 0 Å². The molecule has 3 heteroatoms. The van der Waals surface area contributed by atoms with Gasteiger partial charge in [0, 0.05) is 19.0 Å². The molecule has 0 aliphatic rings. The number of hydrogen-bond acceptors (Lipinski definition) is 2. The summed E-state index contributed by atoms with van der Waals surface area (Å²) in [5, 5.41) is 0. The van der Waals surface area contributed by atoms with Gasteiger partial charge in [-0.15, -0.1) is 0 Å². The van der Waals surface area contributed by atoms with E-state index < -0.39 is 0 Å². The third-order valence-electron chi connectivity index (χ3n) is 1.75. The van der Waals surface area contributed by atoms with Gasteiger partial charge in [-0.1, -0.05) is 33.0 Å². The van der Waals surface area contributed by atoms with E-state index >= 15 is 0 Å². The smallest absolute Gasteiger partial charge is 0.0768 e. The van der Waals surface area contributed by atoms with Gasteiger partial charge in [0.15, 0.2) is 0 Å². The molecule has 12 heavy (non-hydrogen) atoms. The molecule has 0 saturated heterocycles. The SMILES string of the molecule is CC(C)CN(C)CC(C)C(N)=S. The summed E-state index contributed by atoms with van der Waals surface area (Å²) in [7, 11) is 2.11. The number of thiocarbonyl (C=S) groups is 1. The summed E-state index contributed by atoms with van der Waals surface area (Å²) in [5.74, 6) is 1.03. The van der Waals surface area contributed by atoms with Crippen molar-refractivity contribution in [3.63, 3.8) is 0 Å². The average Bonchev–Trinajstić information content (AvgIpc) is 1.84. The van der Waals surface area contributed by atoms with Gasteiger partial charge in [0.1, 0.15) is 0 Å². The van der Waals surface area contributed by atoms with E-state index in [-0.39, 0.29) is 0 Å². The minimum absolute atomic E-state index is 0.323. The Morgan fingerprint density at radius 1 is 1.33 bits per heavy atom. The van der Waals surface area contributed by atoms with Crippen LogP contribution in [-0.2, 0) is 0 Å². The predicted molar refractivity (Wildman–Crippen MR) is 58.3 cm³/mol. The fraction of sp³-hybridized carbons (Fsp3) is 0.889. The molecule has 0 rings (SSSR count). The molecule has 0 aliphatic heterocycles. The minimum atomic E-state index is 0.323. The Balaban J connectivity index is 3.68. The summed E-state index contributed by atoms with van der Waals surface area (Å²) in [4.78, 5) is 2.89. The van der Waals surface area contributed by atoms with E-state index in [4.69, 9.17) is 18.0 Å². The maximum Gasteiger partial charge on any atom is 0.0768 e. The lowest BCUT2D eigenvalue weighted by Crippen LogP contribution is -2.33. The van der Waals surface area contributed by atoms with Crippen LogP contribution >= 0.6 is 12.2 Å². The second-order valence-electron chi connectivity index (χ2n) is 3.92. The lowest BCUT2D eigenvalue weighted by molar-refractivity contribution is 0.281. The summed E-state index contributed by atoms with van der Waals surface area (Å²) in [6.45, 7) is 8.56. The molecule has 2 N–H and O–H groups in total. The van der Waals surface area contributed by atoms with Gasteiger partial charge in [0.05, 0.1) is 4.99 Å². The van der Waals surface area contributed by atoms with Gasteiger partial charge in [-0.3, -0.25) is 0 Å². The molecule has 0 heterocycles. The van der Waals surface area contributed by atoms with Gasteiger partial charge in [-0.05, 0) is 13.0 Å². The minimum Gasteiger partial charge on any atom is -0.393 e. The van der Waals surface area contributed by atoms with Crippen LogP contribution in [0.4, 0.5) is 0 Å².